The molecule has 0 aliphatic heterocycles. The first-order valence-electron chi connectivity index (χ1n) is 8.83. The minimum atomic E-state index is 0. The van der Waals surface area contributed by atoms with Crippen LogP contribution in [0.15, 0.2) is 41.4 Å². The number of nitrogens with one attached hydrogen (secondary N) is 2. The smallest absolute Gasteiger partial charge is 0.191 e. The molecule has 1 aromatic carbocycles. The molecule has 0 radical (unpaired) electrons. The van der Waals surface area contributed by atoms with Gasteiger partial charge in [-0.25, -0.2) is 4.99 Å². The molecule has 0 spiro atoms. The van der Waals surface area contributed by atoms with E-state index in [1.54, 1.807) is 0 Å². The van der Waals surface area contributed by atoms with Crippen LogP contribution in [-0.2, 0) is 24.4 Å². The lowest BCUT2D eigenvalue weighted by Crippen LogP contribution is -2.36. The number of guanidine groups is 1. The van der Waals surface area contributed by atoms with Crippen LogP contribution in [0.2, 0.25) is 0 Å². The van der Waals surface area contributed by atoms with Crippen molar-refractivity contribution >= 4 is 41.3 Å². The van der Waals surface area contributed by atoms with Crippen molar-refractivity contribution in [3.05, 3.63) is 57.3 Å². The molecule has 0 aliphatic carbocycles. The Hall–Kier alpha value is -1.12. The lowest BCUT2D eigenvalue weighted by molar-refractivity contribution is 0.0657. The Morgan fingerprint density at radius 1 is 1.15 bits per heavy atom. The second kappa shape index (κ2) is 12.3. The summed E-state index contributed by atoms with van der Waals surface area (Å²) in [6, 6.07) is 12.7. The van der Waals surface area contributed by atoms with Crippen LogP contribution in [0.25, 0.3) is 0 Å². The summed E-state index contributed by atoms with van der Waals surface area (Å²) in [6.07, 6.45) is 0.243. The van der Waals surface area contributed by atoms with Gasteiger partial charge in [-0.2, -0.15) is 0 Å². The molecule has 144 valence electrons. The van der Waals surface area contributed by atoms with Gasteiger partial charge in [0.2, 0.25) is 0 Å². The van der Waals surface area contributed by atoms with Gasteiger partial charge in [-0.15, -0.1) is 35.3 Å². The predicted molar refractivity (Wildman–Crippen MR) is 122 cm³/mol. The second-order valence-corrected chi connectivity index (χ2v) is 7.61. The molecular formula is C20H30IN3OS. The van der Waals surface area contributed by atoms with Gasteiger partial charge in [0.05, 0.1) is 25.8 Å². The van der Waals surface area contributed by atoms with Gasteiger partial charge in [-0.3, -0.25) is 0 Å². The lowest BCUT2D eigenvalue weighted by atomic mass is 10.1. The first-order chi connectivity index (χ1) is 12.1. The maximum absolute atomic E-state index is 5.68. The average molecular weight is 487 g/mol. The summed E-state index contributed by atoms with van der Waals surface area (Å²) in [5.74, 6) is 0.845. The number of hydrogen-bond donors (Lipinski definition) is 2. The zero-order valence-electron chi connectivity index (χ0n) is 16.0. The number of halogens is 1. The standard InChI is InChI=1S/C20H29N3OS.HI/c1-5-21-20(23-13-19-10-9-16(4)25-19)22-12-17-7-6-8-18(11-17)14-24-15(2)3;/h6-11,15H,5,12-14H2,1-4H3,(H2,21,22,23);1H. The topological polar surface area (TPSA) is 45.7 Å². The molecule has 0 atom stereocenters. The van der Waals surface area contributed by atoms with Crippen molar-refractivity contribution in [2.45, 2.75) is 53.5 Å². The van der Waals surface area contributed by atoms with E-state index in [2.05, 4.69) is 74.7 Å². The molecule has 2 rings (SSSR count). The molecule has 0 saturated carbocycles. The molecule has 0 bridgehead atoms. The fraction of sp³-hybridized carbons (Fsp3) is 0.450. The number of thiophene rings is 1. The normalized spacial score (nSPS) is 11.3. The Kier molecular flexibility index (Phi) is 10.8. The molecule has 0 unspecified atom stereocenters. The van der Waals surface area contributed by atoms with Crippen LogP contribution in [0, 0.1) is 6.92 Å². The fourth-order valence-electron chi connectivity index (χ4n) is 2.34. The summed E-state index contributed by atoms with van der Waals surface area (Å²) in [6.45, 7) is 11.2. The van der Waals surface area contributed by atoms with E-state index in [0.29, 0.717) is 13.2 Å². The van der Waals surface area contributed by atoms with Gasteiger partial charge in [0.15, 0.2) is 5.96 Å². The van der Waals surface area contributed by atoms with Crippen LogP contribution in [0.3, 0.4) is 0 Å². The first-order valence-corrected chi connectivity index (χ1v) is 9.65. The summed E-state index contributed by atoms with van der Waals surface area (Å²) in [5.41, 5.74) is 2.38. The van der Waals surface area contributed by atoms with E-state index in [0.717, 1.165) is 19.0 Å². The number of rotatable bonds is 8. The summed E-state index contributed by atoms with van der Waals surface area (Å²) >= 11 is 1.81. The summed E-state index contributed by atoms with van der Waals surface area (Å²) in [7, 11) is 0. The molecule has 6 heteroatoms. The van der Waals surface area contributed by atoms with Gasteiger partial charge in [0.1, 0.15) is 0 Å². The number of nitrogens with zero attached hydrogens (tertiary/aromatic N) is 1. The van der Waals surface area contributed by atoms with Crippen molar-refractivity contribution in [2.24, 2.45) is 4.99 Å². The lowest BCUT2D eigenvalue weighted by Gasteiger charge is -2.11. The Labute approximate surface area is 178 Å². The van der Waals surface area contributed by atoms with Crippen LogP contribution in [0.4, 0.5) is 0 Å². The quantitative estimate of drug-likeness (QED) is 0.318. The molecule has 1 heterocycles. The van der Waals surface area contributed by atoms with E-state index < -0.39 is 0 Å². The number of aryl methyl sites for hydroxylation is 1. The van der Waals surface area contributed by atoms with Crippen molar-refractivity contribution in [3.8, 4) is 0 Å². The van der Waals surface area contributed by atoms with Crippen LogP contribution in [0.5, 0.6) is 0 Å². The monoisotopic (exact) mass is 487 g/mol. The van der Waals surface area contributed by atoms with E-state index in [1.807, 2.05) is 11.3 Å². The highest BCUT2D eigenvalue weighted by molar-refractivity contribution is 14.0. The van der Waals surface area contributed by atoms with Crippen LogP contribution >= 0.6 is 35.3 Å². The molecule has 2 aromatic rings. The third-order valence-corrected chi connectivity index (χ3v) is 4.57. The highest BCUT2D eigenvalue weighted by atomic mass is 127. The van der Waals surface area contributed by atoms with Crippen molar-refractivity contribution in [1.82, 2.24) is 10.6 Å². The molecule has 0 aliphatic rings. The van der Waals surface area contributed by atoms with Crippen LogP contribution < -0.4 is 10.6 Å². The molecule has 4 nitrogen and oxygen atoms in total. The predicted octanol–water partition coefficient (Wildman–Crippen LogP) is 4.85. The van der Waals surface area contributed by atoms with E-state index in [9.17, 15) is 0 Å². The zero-order chi connectivity index (χ0) is 18.1. The minimum absolute atomic E-state index is 0. The Morgan fingerprint density at radius 2 is 1.92 bits per heavy atom. The molecule has 0 fully saturated rings. The second-order valence-electron chi connectivity index (χ2n) is 6.24. The minimum Gasteiger partial charge on any atom is -0.374 e. The number of ether oxygens (including phenoxy) is 1. The Balaban J connectivity index is 0.00000338. The molecule has 26 heavy (non-hydrogen) atoms. The molecular weight excluding hydrogens is 457 g/mol. The van der Waals surface area contributed by atoms with Crippen molar-refractivity contribution in [2.75, 3.05) is 6.54 Å². The largest absolute Gasteiger partial charge is 0.374 e. The van der Waals surface area contributed by atoms with Gasteiger partial charge in [0, 0.05) is 16.3 Å². The van der Waals surface area contributed by atoms with E-state index in [4.69, 9.17) is 9.73 Å². The zero-order valence-corrected chi connectivity index (χ0v) is 19.2. The molecule has 2 N–H and O–H groups in total. The van der Waals surface area contributed by atoms with Gasteiger partial charge in [-0.1, -0.05) is 24.3 Å². The van der Waals surface area contributed by atoms with E-state index in [-0.39, 0.29) is 30.1 Å². The Morgan fingerprint density at radius 3 is 2.58 bits per heavy atom. The van der Waals surface area contributed by atoms with Crippen molar-refractivity contribution in [1.29, 1.82) is 0 Å². The summed E-state index contributed by atoms with van der Waals surface area (Å²) in [5, 5.41) is 6.70. The summed E-state index contributed by atoms with van der Waals surface area (Å²) < 4.78 is 5.68. The van der Waals surface area contributed by atoms with Crippen molar-refractivity contribution < 1.29 is 4.74 Å². The van der Waals surface area contributed by atoms with Gasteiger partial charge in [0.25, 0.3) is 0 Å². The van der Waals surface area contributed by atoms with Gasteiger partial charge >= 0.3 is 0 Å². The third-order valence-electron chi connectivity index (χ3n) is 3.56. The Bertz CT molecular complexity index is 685. The number of aliphatic imine (C=N–C) groups is 1. The number of benzene rings is 1. The van der Waals surface area contributed by atoms with Crippen LogP contribution in [-0.4, -0.2) is 18.6 Å². The molecule has 1 aromatic heterocycles. The SMILES string of the molecule is CCNC(=NCc1cccc(COC(C)C)c1)NCc1ccc(C)s1.I. The molecule has 0 amide bonds. The first kappa shape index (κ1) is 22.9. The maximum Gasteiger partial charge on any atom is 0.191 e. The average Bonchev–Trinajstić information content (AvgIpc) is 3.01. The number of hydrogen-bond acceptors (Lipinski definition) is 3. The maximum atomic E-state index is 5.68. The van der Waals surface area contributed by atoms with E-state index >= 15 is 0 Å². The molecule has 0 saturated heterocycles. The highest BCUT2D eigenvalue weighted by Crippen LogP contribution is 2.14. The van der Waals surface area contributed by atoms with E-state index in [1.165, 1.54) is 20.9 Å². The fourth-order valence-corrected chi connectivity index (χ4v) is 3.17. The van der Waals surface area contributed by atoms with Gasteiger partial charge < -0.3 is 15.4 Å². The van der Waals surface area contributed by atoms with Crippen LogP contribution in [0.1, 0.15) is 41.7 Å². The summed E-state index contributed by atoms with van der Waals surface area (Å²) in [4.78, 5) is 7.35. The van der Waals surface area contributed by atoms with Gasteiger partial charge in [-0.05, 0) is 51.0 Å². The highest BCUT2D eigenvalue weighted by Gasteiger charge is 2.02. The van der Waals surface area contributed by atoms with Crippen molar-refractivity contribution in [3.63, 3.8) is 0 Å². The third kappa shape index (κ3) is 8.51.